The van der Waals surface area contributed by atoms with Crippen molar-refractivity contribution in [2.45, 2.75) is 64.2 Å². The SMILES string of the molecule is CCCCCC1C=Cc2cc3c(cc21)CCCC3.[Hf]. The zero-order valence-corrected chi connectivity index (χ0v) is 15.6. The molecule has 0 saturated heterocycles. The van der Waals surface area contributed by atoms with Crippen LogP contribution in [-0.4, -0.2) is 0 Å². The summed E-state index contributed by atoms with van der Waals surface area (Å²) in [6.07, 6.45) is 15.6. The molecule has 0 radical (unpaired) electrons. The van der Waals surface area contributed by atoms with Gasteiger partial charge in [0.1, 0.15) is 0 Å². The minimum Gasteiger partial charge on any atom is -0.0764 e. The topological polar surface area (TPSA) is 0 Å². The second-order valence-corrected chi connectivity index (χ2v) is 5.92. The quantitative estimate of drug-likeness (QED) is 0.462. The third-order valence-corrected chi connectivity index (χ3v) is 4.57. The van der Waals surface area contributed by atoms with Gasteiger partial charge in [0.05, 0.1) is 0 Å². The van der Waals surface area contributed by atoms with E-state index in [1.54, 1.807) is 16.7 Å². The molecular weight excluding hydrogens is 395 g/mol. The van der Waals surface area contributed by atoms with E-state index in [9.17, 15) is 0 Å². The maximum absolute atomic E-state index is 2.53. The predicted molar refractivity (Wildman–Crippen MR) is 79.0 cm³/mol. The molecule has 0 aliphatic heterocycles. The second-order valence-electron chi connectivity index (χ2n) is 5.92. The molecule has 0 fully saturated rings. The van der Waals surface area contributed by atoms with Crippen LogP contribution >= 0.6 is 0 Å². The molecule has 3 rings (SSSR count). The Morgan fingerprint density at radius 1 is 1.05 bits per heavy atom. The van der Waals surface area contributed by atoms with Crippen LogP contribution in [0.2, 0.25) is 0 Å². The van der Waals surface area contributed by atoms with Crippen LogP contribution in [0.1, 0.15) is 73.6 Å². The van der Waals surface area contributed by atoms with Gasteiger partial charge in [0.15, 0.2) is 0 Å². The van der Waals surface area contributed by atoms with E-state index in [1.165, 1.54) is 56.9 Å². The van der Waals surface area contributed by atoms with E-state index in [4.69, 9.17) is 0 Å². The van der Waals surface area contributed by atoms with Gasteiger partial charge in [0, 0.05) is 31.8 Å². The van der Waals surface area contributed by atoms with Gasteiger partial charge < -0.3 is 0 Å². The van der Waals surface area contributed by atoms with Gasteiger partial charge in [0.25, 0.3) is 0 Å². The molecule has 0 heterocycles. The van der Waals surface area contributed by atoms with Crippen molar-refractivity contribution < 1.29 is 25.8 Å². The summed E-state index contributed by atoms with van der Waals surface area (Å²) in [6, 6.07) is 5.00. The summed E-state index contributed by atoms with van der Waals surface area (Å²) in [5, 5.41) is 0. The molecule has 0 bridgehead atoms. The molecule has 0 amide bonds. The first-order valence-corrected chi connectivity index (χ1v) is 7.72. The molecule has 2 aliphatic rings. The van der Waals surface area contributed by atoms with Gasteiger partial charge in [-0.3, -0.25) is 0 Å². The number of hydrogen-bond acceptors (Lipinski definition) is 0. The van der Waals surface area contributed by atoms with Crippen molar-refractivity contribution in [2.24, 2.45) is 0 Å². The summed E-state index contributed by atoms with van der Waals surface area (Å²) in [7, 11) is 0. The van der Waals surface area contributed by atoms with Crippen molar-refractivity contribution in [1.82, 2.24) is 0 Å². The summed E-state index contributed by atoms with van der Waals surface area (Å²) < 4.78 is 0. The zero-order valence-electron chi connectivity index (χ0n) is 12.0. The zero-order chi connectivity index (χ0) is 12.4. The smallest absolute Gasteiger partial charge is 0.00273 e. The average Bonchev–Trinajstić information content (AvgIpc) is 2.79. The minimum atomic E-state index is 0. The Kier molecular flexibility index (Phi) is 5.62. The Morgan fingerprint density at radius 3 is 2.53 bits per heavy atom. The van der Waals surface area contributed by atoms with E-state index in [0.717, 1.165) is 0 Å². The van der Waals surface area contributed by atoms with Gasteiger partial charge in [0.2, 0.25) is 0 Å². The van der Waals surface area contributed by atoms with Crippen LogP contribution in [0.3, 0.4) is 0 Å². The van der Waals surface area contributed by atoms with E-state index in [1.807, 2.05) is 0 Å². The number of rotatable bonds is 4. The summed E-state index contributed by atoms with van der Waals surface area (Å²) in [5.74, 6) is 0.707. The van der Waals surface area contributed by atoms with E-state index >= 15 is 0 Å². The molecular formula is C18H24Hf. The summed E-state index contributed by atoms with van der Waals surface area (Å²) in [6.45, 7) is 2.29. The molecule has 0 spiro atoms. The van der Waals surface area contributed by atoms with Crippen LogP contribution in [0, 0.1) is 0 Å². The van der Waals surface area contributed by atoms with Crippen LogP contribution in [0.25, 0.3) is 6.08 Å². The number of hydrogen-bond donors (Lipinski definition) is 0. The van der Waals surface area contributed by atoms with Crippen molar-refractivity contribution in [3.63, 3.8) is 0 Å². The largest absolute Gasteiger partial charge is 0.0764 e. The van der Waals surface area contributed by atoms with Crippen molar-refractivity contribution in [2.75, 3.05) is 0 Å². The Labute approximate surface area is 136 Å². The van der Waals surface area contributed by atoms with Gasteiger partial charge in [-0.2, -0.15) is 0 Å². The van der Waals surface area contributed by atoms with Crippen molar-refractivity contribution in [1.29, 1.82) is 0 Å². The normalized spacial score (nSPS) is 19.7. The third-order valence-electron chi connectivity index (χ3n) is 4.57. The van der Waals surface area contributed by atoms with Gasteiger partial charge in [-0.25, -0.2) is 0 Å². The van der Waals surface area contributed by atoms with Gasteiger partial charge in [-0.05, 0) is 54.4 Å². The molecule has 1 aromatic rings. The van der Waals surface area contributed by atoms with E-state index < -0.39 is 0 Å². The number of benzene rings is 1. The molecule has 100 valence electrons. The molecule has 0 N–H and O–H groups in total. The molecule has 1 heteroatoms. The number of aryl methyl sites for hydroxylation is 2. The Bertz CT molecular complexity index is 459. The maximum Gasteiger partial charge on any atom is 0.00273 e. The molecule has 0 saturated carbocycles. The number of fused-ring (bicyclic) bond motifs is 2. The first-order valence-electron chi connectivity index (χ1n) is 7.72. The van der Waals surface area contributed by atoms with Crippen LogP contribution < -0.4 is 0 Å². The van der Waals surface area contributed by atoms with Crippen LogP contribution in [0.4, 0.5) is 0 Å². The third kappa shape index (κ3) is 3.29. The fourth-order valence-electron chi connectivity index (χ4n) is 3.48. The Morgan fingerprint density at radius 2 is 1.79 bits per heavy atom. The fraction of sp³-hybridized carbons (Fsp3) is 0.556. The summed E-state index contributed by atoms with van der Waals surface area (Å²) in [4.78, 5) is 0. The van der Waals surface area contributed by atoms with Crippen LogP contribution in [0.15, 0.2) is 18.2 Å². The Hall–Kier alpha value is -0.170. The number of allylic oxidation sites excluding steroid dienone is 1. The molecule has 1 aromatic carbocycles. The second kappa shape index (κ2) is 7.02. The van der Waals surface area contributed by atoms with Gasteiger partial charge in [-0.1, -0.05) is 50.5 Å². The molecule has 0 aromatic heterocycles. The van der Waals surface area contributed by atoms with Crippen molar-refractivity contribution in [3.05, 3.63) is 40.5 Å². The molecule has 1 atom stereocenters. The van der Waals surface area contributed by atoms with E-state index in [0.29, 0.717) is 5.92 Å². The molecule has 1 unspecified atom stereocenters. The number of unbranched alkanes of at least 4 members (excludes halogenated alkanes) is 2. The van der Waals surface area contributed by atoms with E-state index in [-0.39, 0.29) is 25.8 Å². The van der Waals surface area contributed by atoms with Crippen LogP contribution in [0.5, 0.6) is 0 Å². The Balaban J connectivity index is 0.00000133. The van der Waals surface area contributed by atoms with Gasteiger partial charge in [-0.15, -0.1) is 0 Å². The minimum absolute atomic E-state index is 0. The van der Waals surface area contributed by atoms with Crippen LogP contribution in [-0.2, 0) is 38.7 Å². The monoisotopic (exact) mass is 420 g/mol. The first-order chi connectivity index (χ1) is 8.88. The molecule has 0 nitrogen and oxygen atoms in total. The molecule has 2 aliphatic carbocycles. The standard InChI is InChI=1S/C18H24.Hf/c1-2-3-4-7-14-10-11-17-12-15-8-5-6-9-16(15)13-18(14)17;/h10-14H,2-9H2,1H3;. The summed E-state index contributed by atoms with van der Waals surface area (Å²) in [5.41, 5.74) is 6.40. The average molecular weight is 419 g/mol. The predicted octanol–water partition coefficient (Wildman–Crippen LogP) is 5.25. The fourth-order valence-corrected chi connectivity index (χ4v) is 3.48. The summed E-state index contributed by atoms with van der Waals surface area (Å²) >= 11 is 0. The van der Waals surface area contributed by atoms with Crippen molar-refractivity contribution >= 4 is 6.08 Å². The maximum atomic E-state index is 2.53. The first kappa shape index (κ1) is 15.2. The molecule has 19 heavy (non-hydrogen) atoms. The van der Waals surface area contributed by atoms with E-state index in [2.05, 4.69) is 31.2 Å². The van der Waals surface area contributed by atoms with Gasteiger partial charge >= 0.3 is 0 Å². The van der Waals surface area contributed by atoms with Crippen molar-refractivity contribution in [3.8, 4) is 0 Å².